The molecule has 0 radical (unpaired) electrons. The summed E-state index contributed by atoms with van der Waals surface area (Å²) in [6.07, 6.45) is 1.28. The molecule has 3 rings (SSSR count). The number of nitrogens with zero attached hydrogens (tertiary/aromatic N) is 1. The van der Waals surface area contributed by atoms with Gasteiger partial charge in [-0.15, -0.1) is 0 Å². The number of carbonyl (C=O) groups excluding carboxylic acids is 1. The lowest BCUT2D eigenvalue weighted by Gasteiger charge is -2.31. The van der Waals surface area contributed by atoms with Gasteiger partial charge in [-0.1, -0.05) is 11.6 Å². The maximum Gasteiger partial charge on any atom is 0.308 e. The molecule has 2 heterocycles. The van der Waals surface area contributed by atoms with E-state index in [0.29, 0.717) is 54.7 Å². The van der Waals surface area contributed by atoms with Gasteiger partial charge < -0.3 is 19.5 Å². The molecule has 22 heavy (non-hydrogen) atoms. The van der Waals surface area contributed by atoms with Crippen LogP contribution in [-0.2, 0) is 4.79 Å². The largest absolute Gasteiger partial charge is 0.486 e. The maximum atomic E-state index is 12.6. The Balaban J connectivity index is 1.83. The Bertz CT molecular complexity index is 618. The summed E-state index contributed by atoms with van der Waals surface area (Å²) < 4.78 is 10.9. The molecule has 2 aliphatic rings. The molecule has 1 aromatic rings. The first-order valence-corrected chi connectivity index (χ1v) is 7.55. The number of hydrogen-bond acceptors (Lipinski definition) is 4. The van der Waals surface area contributed by atoms with E-state index in [2.05, 4.69) is 0 Å². The molecule has 0 saturated carbocycles. The standard InChI is InChI=1S/C15H16ClNO5/c16-11-6-10(7-12-13(11)22-5-4-21-12)14(18)17-3-1-2-9(8-17)15(19)20/h6-7,9H,1-5,8H2,(H,19,20). The summed E-state index contributed by atoms with van der Waals surface area (Å²) in [5.41, 5.74) is 0.389. The van der Waals surface area contributed by atoms with Gasteiger partial charge in [0.15, 0.2) is 11.5 Å². The molecule has 1 saturated heterocycles. The van der Waals surface area contributed by atoms with Gasteiger partial charge in [0.2, 0.25) is 0 Å². The molecule has 1 fully saturated rings. The number of hydrogen-bond donors (Lipinski definition) is 1. The molecule has 2 aliphatic heterocycles. The van der Waals surface area contributed by atoms with Crippen molar-refractivity contribution in [3.8, 4) is 11.5 Å². The van der Waals surface area contributed by atoms with Crippen LogP contribution in [-0.4, -0.2) is 48.2 Å². The fourth-order valence-electron chi connectivity index (χ4n) is 2.78. The molecule has 1 unspecified atom stereocenters. The number of aliphatic carboxylic acids is 1. The van der Waals surface area contributed by atoms with Gasteiger partial charge in [-0.2, -0.15) is 0 Å². The van der Waals surface area contributed by atoms with E-state index in [1.165, 1.54) is 0 Å². The minimum absolute atomic E-state index is 0.222. The van der Waals surface area contributed by atoms with E-state index in [1.807, 2.05) is 0 Å². The van der Waals surface area contributed by atoms with E-state index in [1.54, 1.807) is 17.0 Å². The van der Waals surface area contributed by atoms with Crippen LogP contribution >= 0.6 is 11.6 Å². The zero-order valence-corrected chi connectivity index (χ0v) is 12.6. The number of halogens is 1. The first-order chi connectivity index (χ1) is 10.6. The Labute approximate surface area is 132 Å². The van der Waals surface area contributed by atoms with Crippen molar-refractivity contribution in [3.63, 3.8) is 0 Å². The topological polar surface area (TPSA) is 76.1 Å². The van der Waals surface area contributed by atoms with Gasteiger partial charge in [-0.25, -0.2) is 0 Å². The Hall–Kier alpha value is -1.95. The molecule has 6 nitrogen and oxygen atoms in total. The molecule has 0 aliphatic carbocycles. The first-order valence-electron chi connectivity index (χ1n) is 7.17. The molecular weight excluding hydrogens is 310 g/mol. The van der Waals surface area contributed by atoms with Crippen LogP contribution in [0.3, 0.4) is 0 Å². The minimum Gasteiger partial charge on any atom is -0.486 e. The third-order valence-corrected chi connectivity index (χ3v) is 4.18. The second kappa shape index (κ2) is 6.04. The van der Waals surface area contributed by atoms with Gasteiger partial charge in [0.1, 0.15) is 13.2 Å². The Morgan fingerprint density at radius 3 is 2.82 bits per heavy atom. The molecule has 1 aromatic carbocycles. The van der Waals surface area contributed by atoms with Gasteiger partial charge in [0, 0.05) is 18.7 Å². The van der Waals surface area contributed by atoms with Crippen LogP contribution < -0.4 is 9.47 Å². The lowest BCUT2D eigenvalue weighted by molar-refractivity contribution is -0.143. The summed E-state index contributed by atoms with van der Waals surface area (Å²) >= 11 is 6.14. The van der Waals surface area contributed by atoms with Crippen molar-refractivity contribution in [2.45, 2.75) is 12.8 Å². The van der Waals surface area contributed by atoms with Crippen LogP contribution in [0, 0.1) is 5.92 Å². The molecule has 0 spiro atoms. The highest BCUT2D eigenvalue weighted by atomic mass is 35.5. The van der Waals surface area contributed by atoms with Crippen molar-refractivity contribution in [1.82, 2.24) is 4.90 Å². The monoisotopic (exact) mass is 325 g/mol. The molecule has 1 N–H and O–H groups in total. The smallest absolute Gasteiger partial charge is 0.308 e. The minimum atomic E-state index is -0.863. The van der Waals surface area contributed by atoms with Crippen LogP contribution in [0.1, 0.15) is 23.2 Å². The second-order valence-electron chi connectivity index (χ2n) is 5.41. The maximum absolute atomic E-state index is 12.6. The molecule has 0 aromatic heterocycles. The number of carbonyl (C=O) groups is 2. The normalized spacial score (nSPS) is 20.6. The van der Waals surface area contributed by atoms with Gasteiger partial charge in [0.25, 0.3) is 5.91 Å². The summed E-state index contributed by atoms with van der Waals surface area (Å²) in [5, 5.41) is 9.44. The first kappa shape index (κ1) is 15.0. The molecule has 0 bridgehead atoms. The quantitative estimate of drug-likeness (QED) is 0.900. The predicted octanol–water partition coefficient (Wildman–Crippen LogP) is 2.05. The van der Waals surface area contributed by atoms with Crippen LogP contribution in [0.2, 0.25) is 5.02 Å². The molecule has 1 amide bonds. The van der Waals surface area contributed by atoms with Gasteiger partial charge in [-0.05, 0) is 25.0 Å². The third kappa shape index (κ3) is 2.83. The number of carboxylic acid groups (broad SMARTS) is 1. The van der Waals surface area contributed by atoms with Crippen molar-refractivity contribution in [2.24, 2.45) is 5.92 Å². The molecule has 7 heteroatoms. The Morgan fingerprint density at radius 2 is 2.05 bits per heavy atom. The van der Waals surface area contributed by atoms with Crippen LogP contribution in [0.4, 0.5) is 0 Å². The summed E-state index contributed by atoms with van der Waals surface area (Å²) in [4.78, 5) is 25.3. The second-order valence-corrected chi connectivity index (χ2v) is 5.82. The number of piperidine rings is 1. The van der Waals surface area contributed by atoms with E-state index in [0.717, 1.165) is 0 Å². The molecule has 1 atom stereocenters. The Morgan fingerprint density at radius 1 is 1.27 bits per heavy atom. The fourth-order valence-corrected chi connectivity index (χ4v) is 3.05. The summed E-state index contributed by atoms with van der Waals surface area (Å²) in [6.45, 7) is 1.60. The number of fused-ring (bicyclic) bond motifs is 1. The highest BCUT2D eigenvalue weighted by Crippen LogP contribution is 2.38. The van der Waals surface area contributed by atoms with E-state index < -0.39 is 11.9 Å². The van der Waals surface area contributed by atoms with Crippen LogP contribution in [0.5, 0.6) is 11.5 Å². The highest BCUT2D eigenvalue weighted by Gasteiger charge is 2.29. The number of benzene rings is 1. The van der Waals surface area contributed by atoms with E-state index >= 15 is 0 Å². The van der Waals surface area contributed by atoms with Crippen molar-refractivity contribution in [2.75, 3.05) is 26.3 Å². The van der Waals surface area contributed by atoms with Crippen molar-refractivity contribution < 1.29 is 24.2 Å². The summed E-state index contributed by atoms with van der Waals surface area (Å²) in [7, 11) is 0. The highest BCUT2D eigenvalue weighted by molar-refractivity contribution is 6.32. The number of amides is 1. The average molecular weight is 326 g/mol. The molecule has 118 valence electrons. The lowest BCUT2D eigenvalue weighted by Crippen LogP contribution is -2.42. The SMILES string of the molecule is O=C(O)C1CCCN(C(=O)c2cc(Cl)c3c(c2)OCCO3)C1. The van der Waals surface area contributed by atoms with Crippen LogP contribution in [0.15, 0.2) is 12.1 Å². The third-order valence-electron chi connectivity index (χ3n) is 3.90. The fraction of sp³-hybridized carbons (Fsp3) is 0.467. The van der Waals surface area contributed by atoms with Crippen LogP contribution in [0.25, 0.3) is 0 Å². The summed E-state index contributed by atoms with van der Waals surface area (Å²) in [5.74, 6) is -0.701. The van der Waals surface area contributed by atoms with Gasteiger partial charge >= 0.3 is 5.97 Å². The van der Waals surface area contributed by atoms with Crippen molar-refractivity contribution in [3.05, 3.63) is 22.7 Å². The number of carboxylic acids is 1. The van der Waals surface area contributed by atoms with E-state index in [4.69, 9.17) is 26.2 Å². The zero-order chi connectivity index (χ0) is 15.7. The lowest BCUT2D eigenvalue weighted by atomic mass is 9.97. The van der Waals surface area contributed by atoms with E-state index in [9.17, 15) is 9.59 Å². The summed E-state index contributed by atoms with van der Waals surface area (Å²) in [6, 6.07) is 3.15. The Kier molecular flexibility index (Phi) is 4.11. The van der Waals surface area contributed by atoms with Gasteiger partial charge in [0.05, 0.1) is 10.9 Å². The van der Waals surface area contributed by atoms with E-state index in [-0.39, 0.29) is 12.5 Å². The van der Waals surface area contributed by atoms with Gasteiger partial charge in [-0.3, -0.25) is 9.59 Å². The predicted molar refractivity (Wildman–Crippen MR) is 78.7 cm³/mol. The number of rotatable bonds is 2. The van der Waals surface area contributed by atoms with Crippen molar-refractivity contribution in [1.29, 1.82) is 0 Å². The number of ether oxygens (including phenoxy) is 2. The average Bonchev–Trinajstić information content (AvgIpc) is 2.54. The zero-order valence-electron chi connectivity index (χ0n) is 11.9. The number of likely N-dealkylation sites (tertiary alicyclic amines) is 1. The molecular formula is C15H16ClNO5. The van der Waals surface area contributed by atoms with Crippen molar-refractivity contribution >= 4 is 23.5 Å².